The summed E-state index contributed by atoms with van der Waals surface area (Å²) in [6, 6.07) is 0. The van der Waals surface area contributed by atoms with Crippen LogP contribution in [0.5, 0.6) is 0 Å². The highest BCUT2D eigenvalue weighted by Gasteiger charge is 2.86. The standard InChI is InChI=1S/C64H100O29/c1-13-25(3)52(80)92-50-49(83-27(5)67)58(6,7)21-32-63-20-16-31-60(10)18-17-33(59(8,9)30(60)15-19-61(31,11)62(63,12)22-34(86-35(68)14-2)64(32,50)57(81)93-63)87-56-48(91-54-43(76)40(73)37(70)28(23-65)84-54)45(44(77)46(89-56)51(78)79)88-55-47(41(74)38(71)29(24-66)85-55)90-53-42(75)39(72)36(69)26(4)82-53/h13,26,28-34,36-50,53-57,65-66,69-77,81H,14-24H2,1-12H3,(H,78,79). The molecule has 5 aliphatic heterocycles. The van der Waals surface area contributed by atoms with Gasteiger partial charge in [0, 0.05) is 35.7 Å². The molecule has 0 amide bonds. The van der Waals surface area contributed by atoms with Gasteiger partial charge >= 0.3 is 23.9 Å². The van der Waals surface area contributed by atoms with Crippen LogP contribution in [0.15, 0.2) is 11.6 Å². The van der Waals surface area contributed by atoms with Gasteiger partial charge in [-0.1, -0.05) is 61.5 Å². The van der Waals surface area contributed by atoms with Gasteiger partial charge in [0.2, 0.25) is 0 Å². The van der Waals surface area contributed by atoms with Crippen LogP contribution in [0.4, 0.5) is 0 Å². The lowest BCUT2D eigenvalue weighted by molar-refractivity contribution is -0.406. The molecule has 10 rings (SSSR count). The number of ether oxygens (including phenoxy) is 12. The van der Waals surface area contributed by atoms with Crippen molar-refractivity contribution in [1.82, 2.24) is 0 Å². The summed E-state index contributed by atoms with van der Waals surface area (Å²) >= 11 is 0. The van der Waals surface area contributed by atoms with E-state index in [1.165, 1.54) is 13.8 Å². The van der Waals surface area contributed by atoms with Gasteiger partial charge in [0.05, 0.1) is 31.0 Å². The maximum atomic E-state index is 14.1. The minimum absolute atomic E-state index is 0.0156. The number of hydrogen-bond acceptors (Lipinski definition) is 28. The van der Waals surface area contributed by atoms with E-state index in [0.29, 0.717) is 38.5 Å². The molecule has 2 bridgehead atoms. The molecule has 530 valence electrons. The molecule has 33 unspecified atom stereocenters. The maximum Gasteiger partial charge on any atom is 0.335 e. The Morgan fingerprint density at radius 2 is 1.13 bits per heavy atom. The van der Waals surface area contributed by atoms with E-state index in [0.717, 1.165) is 0 Å². The molecule has 0 aromatic carbocycles. The Hall–Kier alpha value is -3.22. The third kappa shape index (κ3) is 11.4. The summed E-state index contributed by atoms with van der Waals surface area (Å²) in [4.78, 5) is 54.4. The molecule has 5 saturated heterocycles. The molecule has 0 radical (unpaired) electrons. The molecule has 93 heavy (non-hydrogen) atoms. The van der Waals surface area contributed by atoms with Crippen LogP contribution >= 0.6 is 0 Å². The monoisotopic (exact) mass is 1330 g/mol. The molecular formula is C64H100O29. The zero-order valence-corrected chi connectivity index (χ0v) is 54.9. The van der Waals surface area contributed by atoms with Crippen molar-refractivity contribution in [1.29, 1.82) is 0 Å². The average Bonchev–Trinajstić information content (AvgIpc) is 1.55. The lowest BCUT2D eigenvalue weighted by Gasteiger charge is -2.75. The molecule has 5 heterocycles. The van der Waals surface area contributed by atoms with Gasteiger partial charge in [-0.15, -0.1) is 0 Å². The van der Waals surface area contributed by atoms with Crippen LogP contribution in [0, 0.1) is 50.2 Å². The number of carbonyl (C=O) groups excluding carboxylic acids is 3. The third-order valence-electron chi connectivity index (χ3n) is 24.6. The Bertz CT molecular complexity index is 2770. The molecule has 29 nitrogen and oxygen atoms in total. The van der Waals surface area contributed by atoms with Gasteiger partial charge in [-0.2, -0.15) is 0 Å². The van der Waals surface area contributed by atoms with Gasteiger partial charge in [-0.25, -0.2) is 9.59 Å². The molecule has 5 aliphatic carbocycles. The van der Waals surface area contributed by atoms with Crippen LogP contribution < -0.4 is 0 Å². The Kier molecular flexibility index (Phi) is 20.4. The van der Waals surface area contributed by atoms with Crippen molar-refractivity contribution >= 4 is 23.9 Å². The Morgan fingerprint density at radius 3 is 1.73 bits per heavy atom. The summed E-state index contributed by atoms with van der Waals surface area (Å²) < 4.78 is 75.8. The quantitative estimate of drug-likeness (QED) is 0.0385. The van der Waals surface area contributed by atoms with Crippen LogP contribution in [0.25, 0.3) is 0 Å². The molecular weight excluding hydrogens is 1230 g/mol. The van der Waals surface area contributed by atoms with Crippen molar-refractivity contribution in [2.75, 3.05) is 13.2 Å². The summed E-state index contributed by atoms with van der Waals surface area (Å²) in [5.74, 6) is -4.52. The second kappa shape index (κ2) is 26.1. The lowest BCUT2D eigenvalue weighted by atomic mass is 9.30. The molecule has 10 fully saturated rings. The highest BCUT2D eigenvalue weighted by Crippen LogP contribution is 2.82. The van der Waals surface area contributed by atoms with Crippen molar-refractivity contribution in [3.63, 3.8) is 0 Å². The predicted molar refractivity (Wildman–Crippen MR) is 312 cm³/mol. The number of hydrogen-bond donors (Lipinski definition) is 13. The molecule has 0 aromatic rings. The average molecular weight is 1330 g/mol. The number of aliphatic hydroxyl groups is 12. The van der Waals surface area contributed by atoms with Crippen LogP contribution in [0.2, 0.25) is 0 Å². The first-order valence-electron chi connectivity index (χ1n) is 32.8. The molecule has 10 aliphatic rings. The van der Waals surface area contributed by atoms with Crippen LogP contribution in [-0.2, 0) is 76.0 Å². The number of allylic oxidation sites excluding steroid dienone is 1. The number of esters is 3. The number of carboxylic acids is 1. The van der Waals surface area contributed by atoms with E-state index >= 15 is 0 Å². The number of aliphatic hydroxyl groups excluding tert-OH is 12. The predicted octanol–water partition coefficient (Wildman–Crippen LogP) is -0.922. The third-order valence-corrected chi connectivity index (χ3v) is 24.6. The second-order valence-corrected chi connectivity index (χ2v) is 30.0. The van der Waals surface area contributed by atoms with E-state index < -0.39 is 235 Å². The molecule has 1 spiro atoms. The summed E-state index contributed by atoms with van der Waals surface area (Å²) in [5.41, 5.74) is -6.21. The van der Waals surface area contributed by atoms with E-state index in [-0.39, 0.29) is 36.7 Å². The minimum atomic E-state index is -2.31. The Balaban J connectivity index is 0.997. The first kappa shape index (κ1) is 72.5. The zero-order chi connectivity index (χ0) is 68.5. The smallest absolute Gasteiger partial charge is 0.335 e. The van der Waals surface area contributed by atoms with E-state index in [2.05, 4.69) is 20.8 Å². The minimum Gasteiger partial charge on any atom is -0.479 e. The van der Waals surface area contributed by atoms with Gasteiger partial charge in [0.15, 0.2) is 43.7 Å². The van der Waals surface area contributed by atoms with Gasteiger partial charge in [-0.05, 0) is 100 Å². The largest absolute Gasteiger partial charge is 0.479 e. The summed E-state index contributed by atoms with van der Waals surface area (Å²) in [6.07, 6.45) is -39.5. The number of fused-ring (bicyclic) bond motifs is 4. The first-order chi connectivity index (χ1) is 43.4. The maximum absolute atomic E-state index is 14.1. The number of aliphatic carboxylic acids is 1. The SMILES string of the molecule is CC=C(C)C(=O)OC1C(OC(C)=O)C(C)(C)CC2C13C(O)OC21CCC2C4(C)CCC(OC5OC(C(=O)O)C(O)C(OC6OC(CO)C(O)C(O)C6OC6OC(C)C(O)C(O)C6O)C5OC5OC(CO)C(O)C(O)C5O)C(C)(C)C4CCC2(C)C1(C)CC3OC(=O)CC. The van der Waals surface area contributed by atoms with Gasteiger partial charge < -0.3 is 123 Å². The van der Waals surface area contributed by atoms with Crippen LogP contribution in [-0.4, -0.2) is 263 Å². The summed E-state index contributed by atoms with van der Waals surface area (Å²) in [5, 5.41) is 145. The fourth-order valence-electron chi connectivity index (χ4n) is 19.4. The van der Waals surface area contributed by atoms with E-state index in [9.17, 15) is 85.6 Å². The number of carboxylic acid groups (broad SMARTS) is 1. The van der Waals surface area contributed by atoms with Gasteiger partial charge in [0.1, 0.15) is 103 Å². The Labute approximate surface area is 539 Å². The second-order valence-electron chi connectivity index (χ2n) is 30.0. The number of carbonyl (C=O) groups is 4. The van der Waals surface area contributed by atoms with Gasteiger partial charge in [0.25, 0.3) is 0 Å². The van der Waals surface area contributed by atoms with Gasteiger partial charge in [-0.3, -0.25) is 9.59 Å². The highest BCUT2D eigenvalue weighted by atomic mass is 16.8. The normalized spacial score (nSPS) is 51.6. The summed E-state index contributed by atoms with van der Waals surface area (Å²) in [7, 11) is 0. The van der Waals surface area contributed by atoms with Crippen molar-refractivity contribution in [3.8, 4) is 0 Å². The van der Waals surface area contributed by atoms with Crippen molar-refractivity contribution in [3.05, 3.63) is 11.6 Å². The first-order valence-corrected chi connectivity index (χ1v) is 32.8. The van der Waals surface area contributed by atoms with E-state index in [1.807, 2.05) is 27.7 Å². The van der Waals surface area contributed by atoms with Crippen molar-refractivity contribution < 1.29 is 142 Å². The van der Waals surface area contributed by atoms with Crippen LogP contribution in [0.1, 0.15) is 141 Å². The molecule has 33 atom stereocenters. The Morgan fingerprint density at radius 1 is 0.559 bits per heavy atom. The van der Waals surface area contributed by atoms with E-state index in [1.54, 1.807) is 26.8 Å². The van der Waals surface area contributed by atoms with Crippen LogP contribution in [0.3, 0.4) is 0 Å². The number of rotatable bonds is 16. The fraction of sp³-hybridized carbons (Fsp3) is 0.906. The molecule has 29 heteroatoms. The fourth-order valence-corrected chi connectivity index (χ4v) is 19.4. The van der Waals surface area contributed by atoms with Crippen molar-refractivity contribution in [2.45, 2.75) is 300 Å². The lowest BCUT2D eigenvalue weighted by Crippen LogP contribution is -2.77. The molecule has 0 aromatic heterocycles. The van der Waals surface area contributed by atoms with E-state index in [4.69, 9.17) is 56.8 Å². The molecule has 13 N–H and O–H groups in total. The topological polar surface area (TPSA) is 442 Å². The zero-order valence-electron chi connectivity index (χ0n) is 54.9. The molecule has 5 saturated carbocycles. The highest BCUT2D eigenvalue weighted by molar-refractivity contribution is 5.88. The van der Waals surface area contributed by atoms with Crippen molar-refractivity contribution in [2.24, 2.45) is 50.2 Å². The summed E-state index contributed by atoms with van der Waals surface area (Å²) in [6.45, 7) is 20.2.